The second kappa shape index (κ2) is 7.41. The fraction of sp³-hybridized carbons (Fsp3) is 0.714. The molecule has 2 atom stereocenters. The Morgan fingerprint density at radius 1 is 1.29 bits per heavy atom. The molecule has 0 amide bonds. The summed E-state index contributed by atoms with van der Waals surface area (Å²) < 4.78 is 10.3. The fourth-order valence-corrected chi connectivity index (χ4v) is 1.49. The summed E-state index contributed by atoms with van der Waals surface area (Å²) in [5.74, 6) is -3.40. The number of carboxylic acids is 2. The van der Waals surface area contributed by atoms with Crippen LogP contribution in [-0.2, 0) is 14.2 Å². The monoisotopic (exact) mass is 225 g/mol. The molecule has 2 unspecified atom stereocenters. The van der Waals surface area contributed by atoms with Crippen LogP contribution in [0.25, 0.3) is 0 Å². The van der Waals surface area contributed by atoms with E-state index < -0.39 is 32.0 Å². The van der Waals surface area contributed by atoms with Crippen molar-refractivity contribution in [3.8, 4) is 0 Å². The van der Waals surface area contributed by atoms with Crippen molar-refractivity contribution in [2.45, 2.75) is 20.3 Å². The van der Waals surface area contributed by atoms with Gasteiger partial charge in [-0.3, -0.25) is 9.59 Å². The van der Waals surface area contributed by atoms with Gasteiger partial charge in [0.2, 0.25) is 0 Å². The molecular formula is C7H14O6P+. The van der Waals surface area contributed by atoms with Crippen molar-refractivity contribution in [2.75, 3.05) is 6.16 Å². The predicted octanol–water partition coefficient (Wildman–Crippen LogP) is 0.923. The molecule has 6 nitrogen and oxygen atoms in total. The lowest BCUT2D eigenvalue weighted by molar-refractivity contribution is -0.142. The number of carbonyl (C=O) groups is 2. The molecule has 0 aliphatic heterocycles. The number of hydrogen-bond donors (Lipinski definition) is 3. The zero-order valence-electron chi connectivity index (χ0n) is 6.71. The molecule has 0 saturated heterocycles. The summed E-state index contributed by atoms with van der Waals surface area (Å²) in [6.07, 6.45) is -0.815. The van der Waals surface area contributed by atoms with Crippen LogP contribution >= 0.6 is 8.03 Å². The summed E-state index contributed by atoms with van der Waals surface area (Å²) in [5.41, 5.74) is 0. The molecule has 7 heteroatoms. The minimum Gasteiger partial charge on any atom is -0.481 e. The molecule has 0 spiro atoms. The average Bonchev–Trinajstić information content (AvgIpc) is 1.96. The second-order valence-corrected chi connectivity index (χ2v) is 3.57. The Balaban J connectivity index is 0. The maximum absolute atomic E-state index is 10.4. The molecule has 0 saturated carbocycles. The van der Waals surface area contributed by atoms with Gasteiger partial charge in [0.15, 0.2) is 6.16 Å². The van der Waals surface area contributed by atoms with Gasteiger partial charge in [-0.2, -0.15) is 4.89 Å². The first-order valence-corrected chi connectivity index (χ1v) is 4.91. The lowest BCUT2D eigenvalue weighted by Gasteiger charge is -2.02. The van der Waals surface area contributed by atoms with E-state index in [9.17, 15) is 14.2 Å². The van der Waals surface area contributed by atoms with Crippen LogP contribution in [0.2, 0.25) is 0 Å². The first kappa shape index (κ1) is 15.5. The van der Waals surface area contributed by atoms with Crippen molar-refractivity contribution in [3.05, 3.63) is 0 Å². The van der Waals surface area contributed by atoms with E-state index in [1.165, 1.54) is 0 Å². The average molecular weight is 225 g/mol. The third-order valence-electron chi connectivity index (χ3n) is 1.43. The highest BCUT2D eigenvalue weighted by Crippen LogP contribution is 2.21. The standard InChI is InChI=1S/C6H9O6P.CH4/c7-5(8)2-1-4(6(9)10)3-13(11)12;/h4H,1-3H2,(H2-,7,8,9,10,11,12);1H4/p+1. The SMILES string of the molecule is C.O=C(O)CCC(C[P+](=O)O)C(=O)O. The number of hydrogen-bond acceptors (Lipinski definition) is 3. The lowest BCUT2D eigenvalue weighted by atomic mass is 10.1. The highest BCUT2D eigenvalue weighted by Gasteiger charge is 2.27. The van der Waals surface area contributed by atoms with Gasteiger partial charge in [-0.25, -0.2) is 0 Å². The van der Waals surface area contributed by atoms with E-state index in [-0.39, 0.29) is 20.3 Å². The highest BCUT2D eigenvalue weighted by atomic mass is 31.1. The lowest BCUT2D eigenvalue weighted by Crippen LogP contribution is -2.17. The molecule has 0 rings (SSSR count). The third-order valence-corrected chi connectivity index (χ3v) is 2.19. The number of aliphatic carboxylic acids is 2. The summed E-state index contributed by atoms with van der Waals surface area (Å²) >= 11 is 0. The molecule has 3 N–H and O–H groups in total. The van der Waals surface area contributed by atoms with Gasteiger partial charge in [-0.05, 0) is 11.0 Å². The van der Waals surface area contributed by atoms with Gasteiger partial charge in [0.25, 0.3) is 0 Å². The molecule has 14 heavy (non-hydrogen) atoms. The normalized spacial score (nSPS) is 12.5. The summed E-state index contributed by atoms with van der Waals surface area (Å²) in [6, 6.07) is 0. The van der Waals surface area contributed by atoms with Crippen LogP contribution in [0.3, 0.4) is 0 Å². The van der Waals surface area contributed by atoms with Gasteiger partial charge < -0.3 is 10.2 Å². The number of rotatable bonds is 6. The molecular weight excluding hydrogens is 211 g/mol. The van der Waals surface area contributed by atoms with E-state index >= 15 is 0 Å². The van der Waals surface area contributed by atoms with Gasteiger partial charge in [0.1, 0.15) is 5.92 Å². The Hall–Kier alpha value is -1.00. The predicted molar refractivity (Wildman–Crippen MR) is 49.4 cm³/mol. The van der Waals surface area contributed by atoms with Crippen LogP contribution in [0.5, 0.6) is 0 Å². The smallest absolute Gasteiger partial charge is 0.481 e. The van der Waals surface area contributed by atoms with Crippen molar-refractivity contribution in [3.63, 3.8) is 0 Å². The van der Waals surface area contributed by atoms with E-state index in [2.05, 4.69) is 0 Å². The van der Waals surface area contributed by atoms with E-state index in [0.717, 1.165) is 0 Å². The Kier molecular flexibility index (Phi) is 8.19. The Morgan fingerprint density at radius 3 is 2.07 bits per heavy atom. The zero-order valence-corrected chi connectivity index (χ0v) is 7.61. The summed E-state index contributed by atoms with van der Waals surface area (Å²) in [7, 11) is -2.53. The summed E-state index contributed by atoms with van der Waals surface area (Å²) in [6.45, 7) is 0. The number of carboxylic acid groups (broad SMARTS) is 2. The van der Waals surface area contributed by atoms with Crippen LogP contribution in [0.1, 0.15) is 20.3 Å². The van der Waals surface area contributed by atoms with Crippen molar-refractivity contribution >= 4 is 20.0 Å². The van der Waals surface area contributed by atoms with E-state index in [4.69, 9.17) is 15.1 Å². The quantitative estimate of drug-likeness (QED) is 0.579. The van der Waals surface area contributed by atoms with Gasteiger partial charge in [-0.15, -0.1) is 0 Å². The van der Waals surface area contributed by atoms with Crippen LogP contribution in [0, 0.1) is 5.92 Å². The molecule has 0 fully saturated rings. The van der Waals surface area contributed by atoms with Crippen LogP contribution in [0.15, 0.2) is 0 Å². The Bertz CT molecular complexity index is 226. The van der Waals surface area contributed by atoms with Gasteiger partial charge in [0.05, 0.1) is 0 Å². The topological polar surface area (TPSA) is 112 Å². The van der Waals surface area contributed by atoms with Crippen LogP contribution in [-0.4, -0.2) is 33.2 Å². The van der Waals surface area contributed by atoms with E-state index in [1.54, 1.807) is 0 Å². The molecule has 82 valence electrons. The van der Waals surface area contributed by atoms with Gasteiger partial charge in [0, 0.05) is 6.42 Å². The molecule has 0 aromatic rings. The Labute approximate surface area is 82.4 Å². The molecule has 0 heterocycles. The minimum atomic E-state index is -2.53. The van der Waals surface area contributed by atoms with Crippen LogP contribution in [0.4, 0.5) is 0 Å². The molecule has 0 bridgehead atoms. The zero-order chi connectivity index (χ0) is 10.4. The maximum atomic E-state index is 10.4. The minimum absolute atomic E-state index is 0. The molecule has 0 aromatic heterocycles. The summed E-state index contributed by atoms with van der Waals surface area (Å²) in [5, 5.41) is 16.8. The van der Waals surface area contributed by atoms with Gasteiger partial charge in [-0.1, -0.05) is 7.43 Å². The first-order chi connectivity index (χ1) is 5.93. The molecule has 0 aliphatic carbocycles. The third kappa shape index (κ3) is 7.64. The molecule has 0 aliphatic rings. The molecule has 0 radical (unpaired) electrons. The highest BCUT2D eigenvalue weighted by molar-refractivity contribution is 7.38. The molecule has 0 aromatic carbocycles. The Morgan fingerprint density at radius 2 is 1.79 bits per heavy atom. The fourth-order valence-electron chi connectivity index (χ4n) is 0.779. The van der Waals surface area contributed by atoms with Crippen molar-refractivity contribution < 1.29 is 29.3 Å². The van der Waals surface area contributed by atoms with E-state index in [0.29, 0.717) is 0 Å². The van der Waals surface area contributed by atoms with Crippen LogP contribution < -0.4 is 0 Å². The largest absolute Gasteiger partial charge is 0.506 e. The van der Waals surface area contributed by atoms with Gasteiger partial charge >= 0.3 is 20.0 Å². The second-order valence-electron chi connectivity index (χ2n) is 2.50. The van der Waals surface area contributed by atoms with Crippen molar-refractivity contribution in [1.29, 1.82) is 0 Å². The van der Waals surface area contributed by atoms with Crippen molar-refractivity contribution in [2.24, 2.45) is 5.92 Å². The summed E-state index contributed by atoms with van der Waals surface area (Å²) in [4.78, 5) is 28.9. The van der Waals surface area contributed by atoms with E-state index in [1.807, 2.05) is 0 Å². The maximum Gasteiger partial charge on any atom is 0.506 e. The first-order valence-electron chi connectivity index (χ1n) is 3.51. The van der Waals surface area contributed by atoms with Crippen molar-refractivity contribution in [1.82, 2.24) is 0 Å².